The highest BCUT2D eigenvalue weighted by atomic mass is 15.1. The average Bonchev–Trinajstić information content (AvgIpc) is 2.85. The van der Waals surface area contributed by atoms with Crippen LogP contribution in [-0.2, 0) is 0 Å². The van der Waals surface area contributed by atoms with Crippen molar-refractivity contribution in [3.8, 4) is 11.5 Å². The van der Waals surface area contributed by atoms with E-state index in [1.54, 1.807) is 18.6 Å². The van der Waals surface area contributed by atoms with E-state index in [-0.39, 0.29) is 0 Å². The third-order valence-electron chi connectivity index (χ3n) is 2.04. The van der Waals surface area contributed by atoms with Crippen molar-refractivity contribution in [2.45, 2.75) is 0 Å². The van der Waals surface area contributed by atoms with E-state index < -0.39 is 0 Å². The summed E-state index contributed by atoms with van der Waals surface area (Å²) in [6.45, 7) is 0. The van der Waals surface area contributed by atoms with Crippen LogP contribution in [0.4, 0.5) is 0 Å². The number of hydrogen-bond donors (Lipinski definition) is 2. The fourth-order valence-corrected chi connectivity index (χ4v) is 1.41. The molecule has 14 heavy (non-hydrogen) atoms. The molecule has 0 fully saturated rings. The Bertz CT molecular complexity index is 551. The third-order valence-corrected chi connectivity index (χ3v) is 2.04. The first-order valence-electron chi connectivity index (χ1n) is 4.24. The highest BCUT2D eigenvalue weighted by molar-refractivity contribution is 5.87. The molecule has 0 aromatic carbocycles. The molecule has 0 spiro atoms. The first-order valence-corrected chi connectivity index (χ1v) is 4.24. The minimum absolute atomic E-state index is 0.731. The predicted molar refractivity (Wildman–Crippen MR) is 51.5 cm³/mol. The number of pyridine rings is 1. The number of nitrogens with zero attached hydrogens (tertiary/aromatic N) is 3. The fraction of sp³-hybridized carbons (Fsp3) is 0. The van der Waals surface area contributed by atoms with Crippen molar-refractivity contribution in [1.82, 2.24) is 25.1 Å². The number of aromatic nitrogens is 5. The maximum atomic E-state index is 4.24. The van der Waals surface area contributed by atoms with Crippen LogP contribution >= 0.6 is 0 Å². The van der Waals surface area contributed by atoms with Gasteiger partial charge in [-0.2, -0.15) is 5.10 Å². The zero-order chi connectivity index (χ0) is 9.38. The molecule has 0 aliphatic heterocycles. The van der Waals surface area contributed by atoms with Gasteiger partial charge in [0.15, 0.2) is 11.5 Å². The first-order chi connectivity index (χ1) is 6.95. The summed E-state index contributed by atoms with van der Waals surface area (Å²) in [7, 11) is 0. The molecule has 0 aliphatic carbocycles. The molecule has 0 amide bonds. The van der Waals surface area contributed by atoms with Crippen LogP contribution in [-0.4, -0.2) is 25.1 Å². The van der Waals surface area contributed by atoms with Crippen LogP contribution in [0.5, 0.6) is 0 Å². The van der Waals surface area contributed by atoms with Crippen LogP contribution in [0.25, 0.3) is 22.6 Å². The van der Waals surface area contributed by atoms with E-state index in [2.05, 4.69) is 25.1 Å². The highest BCUT2D eigenvalue weighted by Crippen LogP contribution is 2.20. The topological polar surface area (TPSA) is 70.2 Å². The van der Waals surface area contributed by atoms with Gasteiger partial charge in [0.05, 0.1) is 5.52 Å². The van der Waals surface area contributed by atoms with E-state index in [0.29, 0.717) is 0 Å². The minimum Gasteiger partial charge on any atom is -0.343 e. The van der Waals surface area contributed by atoms with Gasteiger partial charge in [-0.05, 0) is 12.1 Å². The van der Waals surface area contributed by atoms with Crippen LogP contribution < -0.4 is 0 Å². The van der Waals surface area contributed by atoms with Crippen molar-refractivity contribution in [3.63, 3.8) is 0 Å². The summed E-state index contributed by atoms with van der Waals surface area (Å²) in [6.07, 6.45) is 5.20. The SMILES string of the molecule is c1cnc2c(-c3ncc[nH]3)n[nH]c2c1. The Balaban J connectivity index is 2.33. The number of fused-ring (bicyclic) bond motifs is 1. The first kappa shape index (κ1) is 7.25. The zero-order valence-electron chi connectivity index (χ0n) is 7.23. The van der Waals surface area contributed by atoms with Gasteiger partial charge >= 0.3 is 0 Å². The standard InChI is InChI=1S/C9H7N5/c1-2-6-7(10-3-1)8(14-13-6)9-11-4-5-12-9/h1-5H,(H,11,12)(H,13,14). The minimum atomic E-state index is 0.731. The largest absolute Gasteiger partial charge is 0.343 e. The monoisotopic (exact) mass is 185 g/mol. The fourth-order valence-electron chi connectivity index (χ4n) is 1.41. The Morgan fingerprint density at radius 1 is 1.14 bits per heavy atom. The maximum absolute atomic E-state index is 4.24. The molecule has 3 aromatic rings. The van der Waals surface area contributed by atoms with Gasteiger partial charge in [0.25, 0.3) is 0 Å². The lowest BCUT2D eigenvalue weighted by atomic mass is 10.3. The van der Waals surface area contributed by atoms with Gasteiger partial charge < -0.3 is 4.98 Å². The number of H-pyrrole nitrogens is 2. The Labute approximate surface area is 79.2 Å². The van der Waals surface area contributed by atoms with Gasteiger partial charge in [-0.3, -0.25) is 10.1 Å². The van der Waals surface area contributed by atoms with E-state index >= 15 is 0 Å². The molecule has 3 heterocycles. The van der Waals surface area contributed by atoms with E-state index in [1.165, 1.54) is 0 Å². The predicted octanol–water partition coefficient (Wildman–Crippen LogP) is 1.35. The Kier molecular flexibility index (Phi) is 1.38. The molecular formula is C9H7N5. The van der Waals surface area contributed by atoms with E-state index in [1.807, 2.05) is 12.1 Å². The van der Waals surface area contributed by atoms with E-state index in [0.717, 1.165) is 22.6 Å². The number of hydrogen-bond acceptors (Lipinski definition) is 3. The summed E-state index contributed by atoms with van der Waals surface area (Å²) >= 11 is 0. The number of aromatic amines is 2. The molecule has 68 valence electrons. The second-order valence-corrected chi connectivity index (χ2v) is 2.91. The van der Waals surface area contributed by atoms with Gasteiger partial charge in [-0.1, -0.05) is 0 Å². The summed E-state index contributed by atoms with van der Waals surface area (Å²) in [4.78, 5) is 11.4. The Hall–Kier alpha value is -2.17. The van der Waals surface area contributed by atoms with Crippen molar-refractivity contribution in [1.29, 1.82) is 0 Å². The molecule has 5 heteroatoms. The molecule has 0 saturated heterocycles. The molecule has 0 saturated carbocycles. The van der Waals surface area contributed by atoms with Gasteiger partial charge in [0, 0.05) is 18.6 Å². The maximum Gasteiger partial charge on any atom is 0.160 e. The van der Waals surface area contributed by atoms with Crippen LogP contribution in [0, 0.1) is 0 Å². The molecule has 0 bridgehead atoms. The average molecular weight is 185 g/mol. The van der Waals surface area contributed by atoms with Gasteiger partial charge in [0.2, 0.25) is 0 Å². The second-order valence-electron chi connectivity index (χ2n) is 2.91. The molecule has 0 radical (unpaired) electrons. The Morgan fingerprint density at radius 2 is 2.14 bits per heavy atom. The summed E-state index contributed by atoms with van der Waals surface area (Å²) in [5.41, 5.74) is 2.51. The summed E-state index contributed by atoms with van der Waals surface area (Å²) in [5, 5.41) is 7.06. The van der Waals surface area contributed by atoms with Crippen molar-refractivity contribution in [2.75, 3.05) is 0 Å². The molecule has 0 unspecified atom stereocenters. The molecular weight excluding hydrogens is 178 g/mol. The highest BCUT2D eigenvalue weighted by Gasteiger charge is 2.09. The number of imidazole rings is 1. The van der Waals surface area contributed by atoms with Gasteiger partial charge in [-0.25, -0.2) is 4.98 Å². The lowest BCUT2D eigenvalue weighted by Crippen LogP contribution is -1.82. The van der Waals surface area contributed by atoms with Crippen LogP contribution in [0.3, 0.4) is 0 Å². The second kappa shape index (κ2) is 2.66. The van der Waals surface area contributed by atoms with E-state index in [4.69, 9.17) is 0 Å². The van der Waals surface area contributed by atoms with Crippen molar-refractivity contribution < 1.29 is 0 Å². The molecule has 3 rings (SSSR count). The molecule has 2 N–H and O–H groups in total. The van der Waals surface area contributed by atoms with E-state index in [9.17, 15) is 0 Å². The van der Waals surface area contributed by atoms with Gasteiger partial charge in [0.1, 0.15) is 5.52 Å². The smallest absolute Gasteiger partial charge is 0.160 e. The zero-order valence-corrected chi connectivity index (χ0v) is 7.23. The molecule has 0 atom stereocenters. The van der Waals surface area contributed by atoms with Crippen LogP contribution in [0.1, 0.15) is 0 Å². The van der Waals surface area contributed by atoms with Crippen LogP contribution in [0.15, 0.2) is 30.7 Å². The number of rotatable bonds is 1. The summed E-state index contributed by atoms with van der Waals surface area (Å²) in [6, 6.07) is 3.80. The Morgan fingerprint density at radius 3 is 3.00 bits per heavy atom. The normalized spacial score (nSPS) is 10.9. The van der Waals surface area contributed by atoms with Crippen molar-refractivity contribution in [2.24, 2.45) is 0 Å². The van der Waals surface area contributed by atoms with Gasteiger partial charge in [-0.15, -0.1) is 0 Å². The van der Waals surface area contributed by atoms with Crippen molar-refractivity contribution >= 4 is 11.0 Å². The third kappa shape index (κ3) is 0.922. The van der Waals surface area contributed by atoms with Crippen molar-refractivity contribution in [3.05, 3.63) is 30.7 Å². The lowest BCUT2D eigenvalue weighted by molar-refractivity contribution is 1.10. The summed E-state index contributed by atoms with van der Waals surface area (Å²) < 4.78 is 0. The number of nitrogens with one attached hydrogen (secondary N) is 2. The molecule has 0 aliphatic rings. The van der Waals surface area contributed by atoms with Crippen LogP contribution in [0.2, 0.25) is 0 Å². The summed E-state index contributed by atoms with van der Waals surface area (Å²) in [5.74, 6) is 0.731. The molecule has 3 aromatic heterocycles. The molecule has 5 nitrogen and oxygen atoms in total. The lowest BCUT2D eigenvalue weighted by Gasteiger charge is -1.89. The quantitative estimate of drug-likeness (QED) is 0.601.